The van der Waals surface area contributed by atoms with Gasteiger partial charge in [-0.25, -0.2) is 0 Å². The van der Waals surface area contributed by atoms with E-state index in [4.69, 9.17) is 10.5 Å². The van der Waals surface area contributed by atoms with Crippen LogP contribution in [-0.2, 0) is 6.18 Å². The van der Waals surface area contributed by atoms with Gasteiger partial charge in [-0.15, -0.1) is 0 Å². The fourth-order valence-corrected chi connectivity index (χ4v) is 2.15. The lowest BCUT2D eigenvalue weighted by Gasteiger charge is -2.25. The second-order valence-electron chi connectivity index (χ2n) is 5.18. The van der Waals surface area contributed by atoms with E-state index < -0.39 is 11.7 Å². The van der Waals surface area contributed by atoms with E-state index in [1.54, 1.807) is 0 Å². The van der Waals surface area contributed by atoms with Crippen molar-refractivity contribution < 1.29 is 17.9 Å². The molecule has 0 aromatic heterocycles. The molecule has 0 amide bonds. The second kappa shape index (κ2) is 6.83. The van der Waals surface area contributed by atoms with Gasteiger partial charge in [0.05, 0.1) is 5.56 Å². The molecule has 0 aliphatic carbocycles. The molecule has 0 bridgehead atoms. The minimum atomic E-state index is -4.35. The number of nitrogens with two attached hydrogens (primary N) is 1. The van der Waals surface area contributed by atoms with E-state index in [0.29, 0.717) is 12.3 Å². The smallest absolute Gasteiger partial charge is 0.416 e. The fraction of sp³-hybridized carbons (Fsp3) is 0.294. The van der Waals surface area contributed by atoms with Crippen molar-refractivity contribution in [2.24, 2.45) is 11.7 Å². The minimum absolute atomic E-state index is 0.0321. The molecule has 118 valence electrons. The highest BCUT2D eigenvalue weighted by Gasteiger charge is 2.30. The minimum Gasteiger partial charge on any atom is -0.485 e. The molecule has 0 heterocycles. The van der Waals surface area contributed by atoms with Gasteiger partial charge in [-0.2, -0.15) is 13.2 Å². The molecule has 2 rings (SSSR count). The summed E-state index contributed by atoms with van der Waals surface area (Å²) in [6.45, 7) is 2.36. The lowest BCUT2D eigenvalue weighted by Crippen LogP contribution is -2.23. The van der Waals surface area contributed by atoms with Crippen molar-refractivity contribution in [1.82, 2.24) is 0 Å². The predicted molar refractivity (Wildman–Crippen MR) is 79.5 cm³/mol. The van der Waals surface area contributed by atoms with Crippen molar-refractivity contribution in [1.29, 1.82) is 0 Å². The van der Waals surface area contributed by atoms with Crippen molar-refractivity contribution >= 4 is 0 Å². The molecule has 5 heteroatoms. The summed E-state index contributed by atoms with van der Waals surface area (Å²) in [6.07, 6.45) is -4.65. The standard InChI is InChI=1S/C17H18F3NO/c1-12(11-21)16(13-5-3-2-4-6-13)22-15-9-7-14(8-10-15)17(18,19)20/h2-10,12,16H,11,21H2,1H3. The van der Waals surface area contributed by atoms with Crippen molar-refractivity contribution in [3.63, 3.8) is 0 Å². The molecule has 0 aliphatic rings. The average molecular weight is 309 g/mol. The summed E-state index contributed by atoms with van der Waals surface area (Å²) >= 11 is 0. The highest BCUT2D eigenvalue weighted by atomic mass is 19.4. The number of ether oxygens (including phenoxy) is 1. The summed E-state index contributed by atoms with van der Waals surface area (Å²) in [4.78, 5) is 0. The maximum Gasteiger partial charge on any atom is 0.416 e. The molecule has 0 aliphatic heterocycles. The summed E-state index contributed by atoms with van der Waals surface area (Å²) in [5.74, 6) is 0.423. The number of alkyl halides is 3. The van der Waals surface area contributed by atoms with Gasteiger partial charge in [0.1, 0.15) is 11.9 Å². The van der Waals surface area contributed by atoms with Gasteiger partial charge in [-0.3, -0.25) is 0 Å². The van der Waals surface area contributed by atoms with E-state index >= 15 is 0 Å². The fourth-order valence-electron chi connectivity index (χ4n) is 2.15. The topological polar surface area (TPSA) is 35.2 Å². The molecule has 0 saturated carbocycles. The van der Waals surface area contributed by atoms with E-state index in [1.165, 1.54) is 12.1 Å². The first-order valence-corrected chi connectivity index (χ1v) is 7.00. The first kappa shape index (κ1) is 16.4. The van der Waals surface area contributed by atoms with E-state index in [0.717, 1.165) is 17.7 Å². The quantitative estimate of drug-likeness (QED) is 0.887. The Morgan fingerprint density at radius 3 is 2.09 bits per heavy atom. The normalized spacial score (nSPS) is 14.4. The summed E-state index contributed by atoms with van der Waals surface area (Å²) in [5, 5.41) is 0. The molecule has 2 aromatic carbocycles. The van der Waals surface area contributed by atoms with Crippen LogP contribution in [0.1, 0.15) is 24.2 Å². The van der Waals surface area contributed by atoms with E-state index in [9.17, 15) is 13.2 Å². The molecular weight excluding hydrogens is 291 g/mol. The second-order valence-corrected chi connectivity index (χ2v) is 5.18. The van der Waals surface area contributed by atoms with Crippen LogP contribution in [0.4, 0.5) is 13.2 Å². The van der Waals surface area contributed by atoms with Gasteiger partial charge in [-0.05, 0) is 36.4 Å². The molecule has 22 heavy (non-hydrogen) atoms. The lowest BCUT2D eigenvalue weighted by molar-refractivity contribution is -0.137. The zero-order valence-corrected chi connectivity index (χ0v) is 12.2. The Bertz CT molecular complexity index is 581. The Morgan fingerprint density at radius 1 is 1.00 bits per heavy atom. The van der Waals surface area contributed by atoms with Crippen molar-refractivity contribution in [3.8, 4) is 5.75 Å². The Morgan fingerprint density at radius 2 is 1.59 bits per heavy atom. The summed E-state index contributed by atoms with van der Waals surface area (Å²) in [5.41, 5.74) is 5.97. The molecule has 0 radical (unpaired) electrons. The zero-order valence-electron chi connectivity index (χ0n) is 12.2. The predicted octanol–water partition coefficient (Wildman–Crippen LogP) is 4.42. The highest BCUT2D eigenvalue weighted by molar-refractivity contribution is 5.30. The number of hydrogen-bond acceptors (Lipinski definition) is 2. The summed E-state index contributed by atoms with van der Waals surface area (Å²) in [7, 11) is 0. The van der Waals surface area contributed by atoms with Gasteiger partial charge < -0.3 is 10.5 Å². The average Bonchev–Trinajstić information content (AvgIpc) is 2.52. The third-order valence-corrected chi connectivity index (χ3v) is 3.46. The van der Waals surface area contributed by atoms with Crippen LogP contribution < -0.4 is 10.5 Å². The zero-order chi connectivity index (χ0) is 16.2. The van der Waals surface area contributed by atoms with Crippen LogP contribution in [0, 0.1) is 5.92 Å². The maximum absolute atomic E-state index is 12.6. The molecule has 2 nitrogen and oxygen atoms in total. The van der Waals surface area contributed by atoms with Crippen LogP contribution in [0.15, 0.2) is 54.6 Å². The Balaban J connectivity index is 2.21. The largest absolute Gasteiger partial charge is 0.485 e. The van der Waals surface area contributed by atoms with Crippen molar-refractivity contribution in [2.45, 2.75) is 19.2 Å². The van der Waals surface area contributed by atoms with Crippen LogP contribution in [-0.4, -0.2) is 6.54 Å². The van der Waals surface area contributed by atoms with E-state index in [-0.39, 0.29) is 12.0 Å². The number of rotatable bonds is 5. The Kier molecular flexibility index (Phi) is 5.08. The third kappa shape index (κ3) is 4.01. The molecular formula is C17H18F3NO. The monoisotopic (exact) mass is 309 g/mol. The third-order valence-electron chi connectivity index (χ3n) is 3.46. The van der Waals surface area contributed by atoms with Crippen LogP contribution in [0.5, 0.6) is 5.75 Å². The van der Waals surface area contributed by atoms with Gasteiger partial charge >= 0.3 is 6.18 Å². The molecule has 0 saturated heterocycles. The van der Waals surface area contributed by atoms with Crippen LogP contribution in [0.3, 0.4) is 0 Å². The van der Waals surface area contributed by atoms with E-state index in [2.05, 4.69) is 0 Å². The van der Waals surface area contributed by atoms with Gasteiger partial charge in [0, 0.05) is 5.92 Å². The summed E-state index contributed by atoms with van der Waals surface area (Å²) < 4.78 is 43.6. The van der Waals surface area contributed by atoms with Crippen LogP contribution >= 0.6 is 0 Å². The maximum atomic E-state index is 12.6. The number of hydrogen-bond donors (Lipinski definition) is 1. The Labute approximate surface area is 127 Å². The number of benzene rings is 2. The highest BCUT2D eigenvalue weighted by Crippen LogP contribution is 2.32. The molecule has 2 aromatic rings. The molecule has 2 N–H and O–H groups in total. The molecule has 0 spiro atoms. The SMILES string of the molecule is CC(CN)C(Oc1ccc(C(F)(F)F)cc1)c1ccccc1. The van der Waals surface area contributed by atoms with Crippen molar-refractivity contribution in [2.75, 3.05) is 6.54 Å². The molecule has 2 unspecified atom stereocenters. The lowest BCUT2D eigenvalue weighted by atomic mass is 9.97. The number of halogens is 3. The first-order chi connectivity index (χ1) is 10.4. The van der Waals surface area contributed by atoms with Gasteiger partial charge in [-0.1, -0.05) is 37.3 Å². The van der Waals surface area contributed by atoms with Crippen molar-refractivity contribution in [3.05, 3.63) is 65.7 Å². The van der Waals surface area contributed by atoms with Crippen LogP contribution in [0.25, 0.3) is 0 Å². The van der Waals surface area contributed by atoms with Gasteiger partial charge in [0.25, 0.3) is 0 Å². The van der Waals surface area contributed by atoms with Gasteiger partial charge in [0.15, 0.2) is 0 Å². The van der Waals surface area contributed by atoms with E-state index in [1.807, 2.05) is 37.3 Å². The molecule has 2 atom stereocenters. The Hall–Kier alpha value is -2.01. The molecule has 0 fully saturated rings. The summed E-state index contributed by atoms with van der Waals surface area (Å²) in [6, 6.07) is 14.2. The first-order valence-electron chi connectivity index (χ1n) is 7.00. The van der Waals surface area contributed by atoms with Crippen LogP contribution in [0.2, 0.25) is 0 Å². The van der Waals surface area contributed by atoms with Gasteiger partial charge in [0.2, 0.25) is 0 Å².